The number of rotatable bonds is 3. The second kappa shape index (κ2) is 6.20. The van der Waals surface area contributed by atoms with Crippen LogP contribution in [0.1, 0.15) is 38.7 Å². The number of benzene rings is 1. The number of nitrogens with one attached hydrogen (secondary N) is 1. The van der Waals surface area contributed by atoms with Crippen molar-refractivity contribution in [2.75, 3.05) is 13.1 Å². The van der Waals surface area contributed by atoms with Crippen molar-refractivity contribution in [3.8, 4) is 0 Å². The van der Waals surface area contributed by atoms with E-state index < -0.39 is 0 Å². The number of hydrogen-bond donors (Lipinski definition) is 1. The average Bonchev–Trinajstić information content (AvgIpc) is 2.38. The van der Waals surface area contributed by atoms with Crippen molar-refractivity contribution in [2.45, 2.75) is 45.2 Å². The number of amides is 1. The van der Waals surface area contributed by atoms with Gasteiger partial charge in [-0.15, -0.1) is 0 Å². The third-order valence-electron chi connectivity index (χ3n) is 3.89. The summed E-state index contributed by atoms with van der Waals surface area (Å²) in [6, 6.07) is 11.4. The zero-order valence-corrected chi connectivity index (χ0v) is 12.1. The zero-order chi connectivity index (χ0) is 13.8. The normalized spacial score (nSPS) is 24.4. The lowest BCUT2D eigenvalue weighted by molar-refractivity contribution is -0.120. The fourth-order valence-electron chi connectivity index (χ4n) is 2.91. The van der Waals surface area contributed by atoms with Gasteiger partial charge in [0.15, 0.2) is 0 Å². The molecule has 1 aliphatic heterocycles. The molecule has 0 aliphatic carbocycles. The summed E-state index contributed by atoms with van der Waals surface area (Å²) in [6.45, 7) is 8.08. The average molecular weight is 260 g/mol. The van der Waals surface area contributed by atoms with Crippen LogP contribution in [0.3, 0.4) is 0 Å². The van der Waals surface area contributed by atoms with Crippen LogP contribution in [-0.2, 0) is 4.79 Å². The number of carbonyl (C=O) groups is 1. The first kappa shape index (κ1) is 14.1. The lowest BCUT2D eigenvalue weighted by Gasteiger charge is -2.40. The lowest BCUT2D eigenvalue weighted by atomic mass is 9.87. The molecule has 0 spiro atoms. The Hall–Kier alpha value is -1.35. The van der Waals surface area contributed by atoms with Crippen LogP contribution in [0.5, 0.6) is 0 Å². The van der Waals surface area contributed by atoms with Crippen molar-refractivity contribution in [3.05, 3.63) is 35.9 Å². The predicted molar refractivity (Wildman–Crippen MR) is 78.1 cm³/mol. The Morgan fingerprint density at radius 2 is 1.95 bits per heavy atom. The highest BCUT2D eigenvalue weighted by Gasteiger charge is 2.29. The molecular formula is C16H24N2O. The summed E-state index contributed by atoms with van der Waals surface area (Å²) in [7, 11) is 0. The molecule has 2 atom stereocenters. The topological polar surface area (TPSA) is 32.3 Å². The first-order valence-corrected chi connectivity index (χ1v) is 7.12. The molecule has 0 saturated carbocycles. The van der Waals surface area contributed by atoms with Crippen molar-refractivity contribution >= 4 is 5.91 Å². The quantitative estimate of drug-likeness (QED) is 0.905. The zero-order valence-electron chi connectivity index (χ0n) is 12.1. The Labute approximate surface area is 116 Å². The third-order valence-corrected chi connectivity index (χ3v) is 3.89. The van der Waals surface area contributed by atoms with Crippen LogP contribution in [-0.4, -0.2) is 36.0 Å². The van der Waals surface area contributed by atoms with Crippen LogP contribution in [0.15, 0.2) is 30.3 Å². The highest BCUT2D eigenvalue weighted by molar-refractivity contribution is 5.73. The molecule has 3 heteroatoms. The lowest BCUT2D eigenvalue weighted by Crippen LogP contribution is -2.51. The number of nitrogens with zero attached hydrogens (tertiary/aromatic N) is 1. The van der Waals surface area contributed by atoms with E-state index in [-0.39, 0.29) is 11.9 Å². The molecule has 0 radical (unpaired) electrons. The first-order chi connectivity index (χ1) is 9.06. The van der Waals surface area contributed by atoms with Crippen LogP contribution in [0.25, 0.3) is 0 Å². The van der Waals surface area contributed by atoms with Gasteiger partial charge in [-0.1, -0.05) is 30.3 Å². The van der Waals surface area contributed by atoms with Crippen molar-refractivity contribution in [3.63, 3.8) is 0 Å². The second-order valence-corrected chi connectivity index (χ2v) is 5.79. The van der Waals surface area contributed by atoms with Gasteiger partial charge in [0.1, 0.15) is 0 Å². The number of likely N-dealkylation sites (tertiary alicyclic amines) is 1. The Morgan fingerprint density at radius 1 is 1.26 bits per heavy atom. The molecule has 1 amide bonds. The largest absolute Gasteiger partial charge is 0.352 e. The molecule has 2 rings (SSSR count). The summed E-state index contributed by atoms with van der Waals surface area (Å²) in [4.78, 5) is 13.8. The molecule has 2 unspecified atom stereocenters. The maximum Gasteiger partial charge on any atom is 0.217 e. The van der Waals surface area contributed by atoms with Crippen molar-refractivity contribution < 1.29 is 4.79 Å². The minimum Gasteiger partial charge on any atom is -0.352 e. The van der Waals surface area contributed by atoms with E-state index in [0.29, 0.717) is 12.0 Å². The minimum absolute atomic E-state index is 0.0717. The predicted octanol–water partition coefficient (Wildman–Crippen LogP) is 2.39. The third kappa shape index (κ3) is 3.80. The van der Waals surface area contributed by atoms with E-state index in [1.54, 1.807) is 6.92 Å². The summed E-state index contributed by atoms with van der Waals surface area (Å²) < 4.78 is 0. The molecule has 1 fully saturated rings. The van der Waals surface area contributed by atoms with Gasteiger partial charge in [0, 0.05) is 32.1 Å². The van der Waals surface area contributed by atoms with Gasteiger partial charge in [-0.2, -0.15) is 0 Å². The Morgan fingerprint density at radius 3 is 2.53 bits per heavy atom. The Kier molecular flexibility index (Phi) is 4.59. The van der Waals surface area contributed by atoms with Crippen LogP contribution < -0.4 is 5.32 Å². The molecule has 1 saturated heterocycles. The van der Waals surface area contributed by atoms with Gasteiger partial charge >= 0.3 is 0 Å². The summed E-state index contributed by atoms with van der Waals surface area (Å²) >= 11 is 0. The van der Waals surface area contributed by atoms with E-state index in [1.165, 1.54) is 5.56 Å². The van der Waals surface area contributed by atoms with E-state index in [4.69, 9.17) is 0 Å². The maximum absolute atomic E-state index is 11.3. The number of carbonyl (C=O) groups excluding carboxylic acids is 1. The van der Waals surface area contributed by atoms with Gasteiger partial charge in [-0.3, -0.25) is 9.69 Å². The standard InChI is InChI=1S/C16H24N2O/c1-12(2)18-10-15(14-7-5-4-6-8-14)9-16(11-18)17-13(3)19/h4-8,12,15-16H,9-11H2,1-3H3,(H,17,19). The molecule has 19 heavy (non-hydrogen) atoms. The molecule has 0 bridgehead atoms. The fourth-order valence-corrected chi connectivity index (χ4v) is 2.91. The number of hydrogen-bond acceptors (Lipinski definition) is 2. The van der Waals surface area contributed by atoms with Crippen molar-refractivity contribution in [1.82, 2.24) is 10.2 Å². The van der Waals surface area contributed by atoms with E-state index >= 15 is 0 Å². The summed E-state index contributed by atoms with van der Waals surface area (Å²) in [5.74, 6) is 0.580. The second-order valence-electron chi connectivity index (χ2n) is 5.79. The summed E-state index contributed by atoms with van der Waals surface area (Å²) in [6.07, 6.45) is 1.03. The van der Waals surface area contributed by atoms with E-state index in [1.807, 2.05) is 0 Å². The minimum atomic E-state index is 0.0717. The van der Waals surface area contributed by atoms with E-state index in [0.717, 1.165) is 19.5 Å². The summed E-state index contributed by atoms with van der Waals surface area (Å²) in [5.41, 5.74) is 1.38. The first-order valence-electron chi connectivity index (χ1n) is 7.12. The van der Waals surface area contributed by atoms with Crippen LogP contribution in [0.4, 0.5) is 0 Å². The van der Waals surface area contributed by atoms with Crippen LogP contribution in [0, 0.1) is 0 Å². The van der Waals surface area contributed by atoms with E-state index in [9.17, 15) is 4.79 Å². The van der Waals surface area contributed by atoms with Gasteiger partial charge in [0.25, 0.3) is 0 Å². The van der Waals surface area contributed by atoms with Gasteiger partial charge < -0.3 is 5.32 Å². The maximum atomic E-state index is 11.3. The highest BCUT2D eigenvalue weighted by atomic mass is 16.1. The number of piperidine rings is 1. The molecular weight excluding hydrogens is 236 g/mol. The molecule has 1 heterocycles. The van der Waals surface area contributed by atoms with Gasteiger partial charge in [-0.05, 0) is 31.7 Å². The Bertz CT molecular complexity index is 416. The van der Waals surface area contributed by atoms with Crippen molar-refractivity contribution in [1.29, 1.82) is 0 Å². The van der Waals surface area contributed by atoms with Gasteiger partial charge in [0.2, 0.25) is 5.91 Å². The molecule has 1 aliphatic rings. The van der Waals surface area contributed by atoms with Gasteiger partial charge in [0.05, 0.1) is 0 Å². The molecule has 1 N–H and O–H groups in total. The molecule has 3 nitrogen and oxygen atoms in total. The highest BCUT2D eigenvalue weighted by Crippen LogP contribution is 2.28. The Balaban J connectivity index is 2.12. The smallest absolute Gasteiger partial charge is 0.217 e. The molecule has 1 aromatic carbocycles. The molecule has 1 aromatic rings. The summed E-state index contributed by atoms with van der Waals surface area (Å²) in [5, 5.41) is 3.09. The fraction of sp³-hybridized carbons (Fsp3) is 0.562. The monoisotopic (exact) mass is 260 g/mol. The SMILES string of the molecule is CC(=O)NC1CC(c2ccccc2)CN(C(C)C)C1. The van der Waals surface area contributed by atoms with Crippen molar-refractivity contribution in [2.24, 2.45) is 0 Å². The molecule has 0 aromatic heterocycles. The van der Waals surface area contributed by atoms with E-state index in [2.05, 4.69) is 54.4 Å². The molecule has 104 valence electrons. The van der Waals surface area contributed by atoms with Crippen LogP contribution in [0.2, 0.25) is 0 Å². The van der Waals surface area contributed by atoms with Gasteiger partial charge in [-0.25, -0.2) is 0 Å². The van der Waals surface area contributed by atoms with Crippen LogP contribution >= 0.6 is 0 Å².